The van der Waals surface area contributed by atoms with Crippen LogP contribution in [0.5, 0.6) is 0 Å². The molecule has 10 heavy (non-hydrogen) atoms. The Morgan fingerprint density at radius 2 is 2.00 bits per heavy atom. The highest BCUT2D eigenvalue weighted by Gasteiger charge is 2.08. The van der Waals surface area contributed by atoms with Gasteiger partial charge in [0.25, 0.3) is 0 Å². The van der Waals surface area contributed by atoms with Crippen LogP contribution in [-0.2, 0) is 0 Å². The SMILES string of the molecule is CC=C(C)N1CCSCC1. The highest BCUT2D eigenvalue weighted by molar-refractivity contribution is 7.99. The topological polar surface area (TPSA) is 3.24 Å². The summed E-state index contributed by atoms with van der Waals surface area (Å²) in [6.45, 7) is 6.77. The molecule has 0 aromatic heterocycles. The van der Waals surface area contributed by atoms with Crippen molar-refractivity contribution in [1.82, 2.24) is 4.90 Å². The summed E-state index contributed by atoms with van der Waals surface area (Å²) in [5, 5.41) is 0. The number of thioether (sulfide) groups is 1. The van der Waals surface area contributed by atoms with Gasteiger partial charge in [-0.2, -0.15) is 11.8 Å². The average molecular weight is 157 g/mol. The van der Waals surface area contributed by atoms with Gasteiger partial charge >= 0.3 is 0 Å². The van der Waals surface area contributed by atoms with Gasteiger partial charge in [0.15, 0.2) is 0 Å². The van der Waals surface area contributed by atoms with E-state index in [-0.39, 0.29) is 0 Å². The van der Waals surface area contributed by atoms with Gasteiger partial charge in [-0.25, -0.2) is 0 Å². The molecule has 1 fully saturated rings. The lowest BCUT2D eigenvalue weighted by Gasteiger charge is -2.28. The second-order valence-corrected chi connectivity index (χ2v) is 3.75. The van der Waals surface area contributed by atoms with E-state index in [1.54, 1.807) is 0 Å². The molecule has 1 nitrogen and oxygen atoms in total. The van der Waals surface area contributed by atoms with Crippen molar-refractivity contribution in [2.24, 2.45) is 0 Å². The summed E-state index contributed by atoms with van der Waals surface area (Å²) in [5.74, 6) is 2.59. The molecule has 0 aliphatic carbocycles. The van der Waals surface area contributed by atoms with Crippen LogP contribution < -0.4 is 0 Å². The molecule has 0 spiro atoms. The largest absolute Gasteiger partial charge is 0.374 e. The standard InChI is InChI=1S/C8H15NS/c1-3-8(2)9-4-6-10-7-5-9/h3H,4-7H2,1-2H3. The van der Waals surface area contributed by atoms with E-state index in [1.807, 2.05) is 0 Å². The molecule has 58 valence electrons. The average Bonchev–Trinajstić information content (AvgIpc) is 2.05. The summed E-state index contributed by atoms with van der Waals surface area (Å²) in [6.07, 6.45) is 2.19. The van der Waals surface area contributed by atoms with Crippen molar-refractivity contribution < 1.29 is 0 Å². The smallest absolute Gasteiger partial charge is 0.0266 e. The second kappa shape index (κ2) is 3.91. The summed E-state index contributed by atoms with van der Waals surface area (Å²) in [6, 6.07) is 0. The molecular weight excluding hydrogens is 142 g/mol. The minimum absolute atomic E-state index is 1.24. The fraction of sp³-hybridized carbons (Fsp3) is 0.750. The molecule has 1 heterocycles. The number of allylic oxidation sites excluding steroid dienone is 2. The zero-order valence-electron chi connectivity index (χ0n) is 6.76. The van der Waals surface area contributed by atoms with Crippen LogP contribution in [0.15, 0.2) is 11.8 Å². The van der Waals surface area contributed by atoms with Gasteiger partial charge < -0.3 is 4.90 Å². The van der Waals surface area contributed by atoms with E-state index >= 15 is 0 Å². The third-order valence-electron chi connectivity index (χ3n) is 1.93. The fourth-order valence-electron chi connectivity index (χ4n) is 1.10. The minimum Gasteiger partial charge on any atom is -0.374 e. The molecule has 0 radical (unpaired) electrons. The molecule has 0 bridgehead atoms. The zero-order valence-corrected chi connectivity index (χ0v) is 7.58. The van der Waals surface area contributed by atoms with Crippen molar-refractivity contribution in [2.45, 2.75) is 13.8 Å². The Kier molecular flexibility index (Phi) is 3.13. The van der Waals surface area contributed by atoms with Crippen LogP contribution in [0.3, 0.4) is 0 Å². The van der Waals surface area contributed by atoms with Crippen LogP contribution in [0, 0.1) is 0 Å². The molecule has 1 aliphatic rings. The predicted octanol–water partition coefficient (Wildman–Crippen LogP) is 1.96. The Labute approximate surface area is 67.5 Å². The molecular formula is C8H15NS. The first-order valence-corrected chi connectivity index (χ1v) is 4.95. The molecule has 0 N–H and O–H groups in total. The van der Waals surface area contributed by atoms with E-state index in [4.69, 9.17) is 0 Å². The van der Waals surface area contributed by atoms with Crippen LogP contribution in [0.4, 0.5) is 0 Å². The summed E-state index contributed by atoms with van der Waals surface area (Å²) in [4.78, 5) is 2.45. The van der Waals surface area contributed by atoms with Crippen molar-refractivity contribution >= 4 is 11.8 Å². The number of nitrogens with zero attached hydrogens (tertiary/aromatic N) is 1. The lowest BCUT2D eigenvalue weighted by Crippen LogP contribution is -2.30. The van der Waals surface area contributed by atoms with Crippen molar-refractivity contribution in [2.75, 3.05) is 24.6 Å². The molecule has 1 saturated heterocycles. The van der Waals surface area contributed by atoms with E-state index in [1.165, 1.54) is 30.3 Å². The van der Waals surface area contributed by atoms with Gasteiger partial charge in [-0.15, -0.1) is 0 Å². The number of hydrogen-bond donors (Lipinski definition) is 0. The van der Waals surface area contributed by atoms with E-state index in [9.17, 15) is 0 Å². The predicted molar refractivity (Wildman–Crippen MR) is 48.3 cm³/mol. The maximum atomic E-state index is 2.45. The Balaban J connectivity index is 2.39. The van der Waals surface area contributed by atoms with Gasteiger partial charge in [-0.3, -0.25) is 0 Å². The second-order valence-electron chi connectivity index (χ2n) is 2.53. The Morgan fingerprint density at radius 3 is 2.50 bits per heavy atom. The third kappa shape index (κ3) is 1.94. The molecule has 0 aromatic carbocycles. The van der Waals surface area contributed by atoms with Crippen LogP contribution in [0.1, 0.15) is 13.8 Å². The lowest BCUT2D eigenvalue weighted by molar-refractivity contribution is 0.381. The fourth-order valence-corrected chi connectivity index (χ4v) is 2.00. The lowest BCUT2D eigenvalue weighted by atomic mass is 10.4. The minimum atomic E-state index is 1.24. The third-order valence-corrected chi connectivity index (χ3v) is 2.87. The molecule has 1 rings (SSSR count). The van der Waals surface area contributed by atoms with Crippen LogP contribution in [-0.4, -0.2) is 29.5 Å². The highest BCUT2D eigenvalue weighted by atomic mass is 32.2. The Bertz CT molecular complexity index is 125. The van der Waals surface area contributed by atoms with E-state index in [0.717, 1.165) is 0 Å². The van der Waals surface area contributed by atoms with Gasteiger partial charge in [0.2, 0.25) is 0 Å². The summed E-state index contributed by atoms with van der Waals surface area (Å²) < 4.78 is 0. The monoisotopic (exact) mass is 157 g/mol. The van der Waals surface area contributed by atoms with Gasteiger partial charge in [-0.05, 0) is 13.8 Å². The van der Waals surface area contributed by atoms with Crippen molar-refractivity contribution in [3.63, 3.8) is 0 Å². The van der Waals surface area contributed by atoms with E-state index < -0.39 is 0 Å². The first-order valence-electron chi connectivity index (χ1n) is 3.80. The molecule has 0 saturated carbocycles. The van der Waals surface area contributed by atoms with Crippen LogP contribution in [0.25, 0.3) is 0 Å². The summed E-state index contributed by atoms with van der Waals surface area (Å²) in [7, 11) is 0. The highest BCUT2D eigenvalue weighted by Crippen LogP contribution is 2.13. The first-order chi connectivity index (χ1) is 4.84. The van der Waals surface area contributed by atoms with Crippen molar-refractivity contribution in [3.8, 4) is 0 Å². The van der Waals surface area contributed by atoms with Crippen molar-refractivity contribution in [1.29, 1.82) is 0 Å². The Morgan fingerprint density at radius 1 is 1.40 bits per heavy atom. The molecule has 0 aromatic rings. The molecule has 0 amide bonds. The van der Waals surface area contributed by atoms with E-state index in [2.05, 4.69) is 36.6 Å². The number of rotatable bonds is 1. The van der Waals surface area contributed by atoms with E-state index in [0.29, 0.717) is 0 Å². The normalized spacial score (nSPS) is 21.4. The van der Waals surface area contributed by atoms with Crippen molar-refractivity contribution in [3.05, 3.63) is 11.8 Å². The molecule has 0 unspecified atom stereocenters. The van der Waals surface area contributed by atoms with Gasteiger partial charge in [0, 0.05) is 30.3 Å². The quantitative estimate of drug-likeness (QED) is 0.572. The summed E-state index contributed by atoms with van der Waals surface area (Å²) in [5.41, 5.74) is 1.43. The Hall–Kier alpha value is -0.110. The van der Waals surface area contributed by atoms with Gasteiger partial charge in [-0.1, -0.05) is 6.08 Å². The molecule has 1 aliphatic heterocycles. The van der Waals surface area contributed by atoms with Crippen LogP contribution >= 0.6 is 11.8 Å². The maximum Gasteiger partial charge on any atom is 0.0266 e. The zero-order chi connectivity index (χ0) is 7.40. The number of hydrogen-bond acceptors (Lipinski definition) is 2. The van der Waals surface area contributed by atoms with Crippen LogP contribution in [0.2, 0.25) is 0 Å². The first kappa shape index (κ1) is 7.99. The maximum absolute atomic E-state index is 2.45. The molecule has 0 atom stereocenters. The van der Waals surface area contributed by atoms with Gasteiger partial charge in [0.1, 0.15) is 0 Å². The summed E-state index contributed by atoms with van der Waals surface area (Å²) >= 11 is 2.06. The van der Waals surface area contributed by atoms with Gasteiger partial charge in [0.05, 0.1) is 0 Å². The molecule has 2 heteroatoms.